The number of aryl methyl sites for hydroxylation is 1. The Morgan fingerprint density at radius 1 is 1.21 bits per heavy atom. The molecule has 2 aromatic rings. The molecule has 0 unspecified atom stereocenters. The van der Waals surface area contributed by atoms with E-state index in [1.165, 1.54) is 4.68 Å². The number of rotatable bonds is 11. The number of nitrogens with one attached hydrogen (secondary N) is 2. The van der Waals surface area contributed by atoms with Crippen LogP contribution in [0.4, 0.5) is 26.7 Å². The third-order valence-corrected chi connectivity index (χ3v) is 9.41. The Morgan fingerprint density at radius 2 is 1.84 bits per heavy atom. The van der Waals surface area contributed by atoms with Crippen molar-refractivity contribution >= 4 is 33.6 Å². The van der Waals surface area contributed by atoms with Gasteiger partial charge in [-0.25, -0.2) is 17.9 Å². The largest absolute Gasteiger partial charge is 0.434 e. The number of alkyl halides is 5. The van der Waals surface area contributed by atoms with Gasteiger partial charge >= 0.3 is 18.8 Å². The molecule has 18 heteroatoms. The molecule has 43 heavy (non-hydrogen) atoms. The second-order valence-electron chi connectivity index (χ2n) is 10.8. The Hall–Kier alpha value is -3.21. The van der Waals surface area contributed by atoms with E-state index in [2.05, 4.69) is 20.1 Å². The molecule has 4 N–H and O–H groups in total. The minimum atomic E-state index is -4.58. The number of amides is 3. The predicted octanol–water partition coefficient (Wildman–Crippen LogP) is 4.64. The summed E-state index contributed by atoms with van der Waals surface area (Å²) in [5.41, 5.74) is 2.24. The Balaban J connectivity index is 1.80. The molecule has 1 aliphatic carbocycles. The first kappa shape index (κ1) is 34.3. The number of hydrogen-bond donors (Lipinski definition) is 3. The number of nitrogens with zero attached hydrogens (tertiary/aromatic N) is 3. The van der Waals surface area contributed by atoms with E-state index < -0.39 is 57.6 Å². The highest BCUT2D eigenvalue weighted by atomic mass is 35.5. The van der Waals surface area contributed by atoms with Gasteiger partial charge < -0.3 is 15.8 Å². The molecule has 3 rings (SSSR count). The van der Waals surface area contributed by atoms with Crippen molar-refractivity contribution in [2.75, 3.05) is 6.54 Å². The lowest BCUT2D eigenvalue weighted by molar-refractivity contribution is -0.211. The number of aromatic nitrogens is 3. The molecule has 0 spiro atoms. The summed E-state index contributed by atoms with van der Waals surface area (Å²) in [7, 11) is -3.90. The number of nitrogens with two attached hydrogens (primary N) is 1. The molecule has 2 aromatic heterocycles. The van der Waals surface area contributed by atoms with Crippen LogP contribution in [-0.4, -0.2) is 59.7 Å². The Bertz CT molecular complexity index is 1440. The minimum absolute atomic E-state index is 0.00626. The van der Waals surface area contributed by atoms with Crippen molar-refractivity contribution in [3.8, 4) is 17.0 Å². The maximum atomic E-state index is 13.4. The molecule has 0 saturated heterocycles. The van der Waals surface area contributed by atoms with E-state index in [0.29, 0.717) is 12.8 Å². The van der Waals surface area contributed by atoms with Gasteiger partial charge in [-0.1, -0.05) is 25.4 Å². The van der Waals surface area contributed by atoms with Gasteiger partial charge in [0.05, 0.1) is 26.9 Å². The van der Waals surface area contributed by atoms with Crippen LogP contribution in [0.15, 0.2) is 12.3 Å². The van der Waals surface area contributed by atoms with Crippen molar-refractivity contribution in [3.05, 3.63) is 28.7 Å². The van der Waals surface area contributed by atoms with Gasteiger partial charge in [0, 0.05) is 37.5 Å². The second-order valence-corrected chi connectivity index (χ2v) is 13.1. The van der Waals surface area contributed by atoms with Crippen molar-refractivity contribution in [3.63, 3.8) is 0 Å². The summed E-state index contributed by atoms with van der Waals surface area (Å²) in [5, 5.41) is 5.88. The fourth-order valence-corrected chi connectivity index (χ4v) is 6.42. The molecule has 11 nitrogen and oxygen atoms in total. The first-order valence-corrected chi connectivity index (χ1v) is 15.1. The van der Waals surface area contributed by atoms with Crippen molar-refractivity contribution in [2.45, 2.75) is 77.5 Å². The number of primary amides is 1. The van der Waals surface area contributed by atoms with E-state index in [4.69, 9.17) is 17.3 Å². The lowest BCUT2D eigenvalue weighted by Gasteiger charge is -2.28. The average Bonchev–Trinajstić information content (AvgIpc) is 3.21. The summed E-state index contributed by atoms with van der Waals surface area (Å²) in [6, 6.07) is -0.185. The summed E-state index contributed by atoms with van der Waals surface area (Å²) in [6.07, 6.45) is -2.78. The topological polar surface area (TPSA) is 158 Å². The average molecular weight is 659 g/mol. The van der Waals surface area contributed by atoms with Crippen molar-refractivity contribution in [1.82, 2.24) is 24.8 Å². The maximum absolute atomic E-state index is 13.4. The lowest BCUT2D eigenvalue weighted by Crippen LogP contribution is -2.43. The van der Waals surface area contributed by atoms with Crippen LogP contribution in [0.5, 0.6) is 5.75 Å². The molecular formula is C25H32ClF5N6O5S. The molecular weight excluding hydrogens is 627 g/mol. The van der Waals surface area contributed by atoms with Crippen LogP contribution in [-0.2, 0) is 23.0 Å². The molecule has 3 amide bonds. The molecule has 0 aliphatic heterocycles. The Morgan fingerprint density at radius 3 is 2.37 bits per heavy atom. The molecule has 0 aromatic carbocycles. The highest BCUT2D eigenvalue weighted by molar-refractivity contribution is 7.90. The van der Waals surface area contributed by atoms with E-state index in [1.807, 2.05) is 0 Å². The molecule has 0 atom stereocenters. The van der Waals surface area contributed by atoms with Gasteiger partial charge in [0.2, 0.25) is 10.0 Å². The second kappa shape index (κ2) is 13.2. The summed E-state index contributed by atoms with van der Waals surface area (Å²) in [5.74, 6) is -1.25. The smallest absolute Gasteiger partial charge is 0.394 e. The molecule has 1 saturated carbocycles. The van der Waals surface area contributed by atoms with Crippen molar-refractivity contribution in [2.24, 2.45) is 17.1 Å². The first-order chi connectivity index (χ1) is 19.9. The molecule has 2 heterocycles. The molecule has 240 valence electrons. The highest BCUT2D eigenvalue weighted by Gasteiger charge is 2.47. The number of urea groups is 1. The van der Waals surface area contributed by atoms with E-state index in [0.717, 1.165) is 26.1 Å². The third kappa shape index (κ3) is 8.25. The van der Waals surface area contributed by atoms with Crippen LogP contribution < -0.4 is 20.5 Å². The summed E-state index contributed by atoms with van der Waals surface area (Å²) < 4.78 is 98.8. The first-order valence-electron chi connectivity index (χ1n) is 13.2. The van der Waals surface area contributed by atoms with Gasteiger partial charge in [-0.3, -0.25) is 14.5 Å². The maximum Gasteiger partial charge on any atom is 0.394 e. The third-order valence-electron chi connectivity index (χ3n) is 7.22. The monoisotopic (exact) mass is 658 g/mol. The van der Waals surface area contributed by atoms with Gasteiger partial charge in [-0.2, -0.15) is 27.1 Å². The van der Waals surface area contributed by atoms with Crippen LogP contribution in [0.25, 0.3) is 11.3 Å². The zero-order valence-corrected chi connectivity index (χ0v) is 25.0. The van der Waals surface area contributed by atoms with Gasteiger partial charge in [-0.15, -0.1) is 0 Å². The highest BCUT2D eigenvalue weighted by Crippen LogP contribution is 2.42. The number of pyridine rings is 1. The van der Waals surface area contributed by atoms with Crippen molar-refractivity contribution in [1.29, 1.82) is 0 Å². The number of carbonyl (C=O) groups is 2. The number of sulfonamides is 1. The number of carbonyl (C=O) groups excluding carboxylic acids is 2. The SMILES string of the molecule is CCn1nc(C(=O)NC[C@H]2CC[C@H](S(=O)(=O)NC(N)=O)CC2)c(Cl)c1-c1cnc(CC(C)(C)C(F)(F)F)cc1OC(F)F. The fourth-order valence-electron chi connectivity index (χ4n) is 4.76. The van der Waals surface area contributed by atoms with Gasteiger partial charge in [0.25, 0.3) is 5.91 Å². The summed E-state index contributed by atoms with van der Waals surface area (Å²) >= 11 is 6.51. The Labute approximate surface area is 249 Å². The minimum Gasteiger partial charge on any atom is -0.434 e. The van der Waals surface area contributed by atoms with E-state index in [1.54, 1.807) is 11.6 Å². The fraction of sp³-hybridized carbons (Fsp3) is 0.600. The van der Waals surface area contributed by atoms with Crippen LogP contribution >= 0.6 is 11.6 Å². The number of hydrogen-bond acceptors (Lipinski definition) is 7. The molecule has 1 aliphatic rings. The normalized spacial score (nSPS) is 18.0. The van der Waals surface area contributed by atoms with Gasteiger partial charge in [0.1, 0.15) is 5.75 Å². The van der Waals surface area contributed by atoms with Gasteiger partial charge in [-0.05, 0) is 38.5 Å². The quantitative estimate of drug-likeness (QED) is 0.297. The van der Waals surface area contributed by atoms with Crippen molar-refractivity contribution < 1.29 is 44.7 Å². The van der Waals surface area contributed by atoms with Crippen LogP contribution in [0, 0.1) is 11.3 Å². The molecule has 0 bridgehead atoms. The van der Waals surface area contributed by atoms with E-state index in [-0.39, 0.29) is 59.5 Å². The number of halogens is 6. The Kier molecular flexibility index (Phi) is 10.5. The van der Waals surface area contributed by atoms with E-state index >= 15 is 0 Å². The van der Waals surface area contributed by atoms with Crippen LogP contribution in [0.1, 0.15) is 62.6 Å². The lowest BCUT2D eigenvalue weighted by atomic mass is 9.86. The standard InChI is InChI=1S/C25H32ClF5N6O5S/c1-4-37-20(16-12-33-14(9-17(16)42-22(27)28)10-24(2,3)25(29,30)31)18(26)19(35-37)21(38)34-11-13-5-7-15(8-6-13)43(40,41)36-23(32)39/h9,12-13,15,22H,4-8,10-11H2,1-3H3,(H,34,38)(H3,32,36,39)/t13-,15-. The van der Waals surface area contributed by atoms with E-state index in [9.17, 15) is 40.0 Å². The number of ether oxygens (including phenoxy) is 1. The summed E-state index contributed by atoms with van der Waals surface area (Å²) in [6.45, 7) is 0.537. The zero-order valence-electron chi connectivity index (χ0n) is 23.5. The summed E-state index contributed by atoms with van der Waals surface area (Å²) in [4.78, 5) is 28.0. The zero-order chi connectivity index (χ0) is 32.3. The van der Waals surface area contributed by atoms with Crippen LogP contribution in [0.3, 0.4) is 0 Å². The molecule has 1 fully saturated rings. The van der Waals surface area contributed by atoms with Gasteiger partial charge in [0.15, 0.2) is 5.69 Å². The van der Waals surface area contributed by atoms with Crippen LogP contribution in [0.2, 0.25) is 5.02 Å². The molecule has 0 radical (unpaired) electrons. The predicted molar refractivity (Wildman–Crippen MR) is 146 cm³/mol.